The predicted molar refractivity (Wildman–Crippen MR) is 72.9 cm³/mol. The zero-order valence-corrected chi connectivity index (χ0v) is 13.2. The van der Waals surface area contributed by atoms with Crippen LogP contribution in [0.5, 0.6) is 0 Å². The lowest BCUT2D eigenvalue weighted by atomic mass is 10.3. The maximum absolute atomic E-state index is 13.5. The Hall–Kier alpha value is -1.88. The van der Waals surface area contributed by atoms with Gasteiger partial charge in [0.1, 0.15) is 0 Å². The van der Waals surface area contributed by atoms with E-state index < -0.39 is 46.6 Å². The summed E-state index contributed by atoms with van der Waals surface area (Å²) >= 11 is -1.52. The van der Waals surface area contributed by atoms with E-state index in [1.807, 2.05) is 0 Å². The minimum Gasteiger partial charge on any atom is -0.235 e. The van der Waals surface area contributed by atoms with Crippen molar-refractivity contribution in [2.75, 3.05) is 0 Å². The number of rotatable bonds is 1. The van der Waals surface area contributed by atoms with Gasteiger partial charge in [0.25, 0.3) is 11.2 Å². The van der Waals surface area contributed by atoms with E-state index in [1.165, 1.54) is 0 Å². The van der Waals surface area contributed by atoms with Crippen LogP contribution in [0.1, 0.15) is 0 Å². The maximum Gasteiger partial charge on any atom is 0.496 e. The molecule has 0 N–H and O–H groups in total. The van der Waals surface area contributed by atoms with E-state index in [0.717, 1.165) is 0 Å². The summed E-state index contributed by atoms with van der Waals surface area (Å²) in [5, 5.41) is 0. The first-order chi connectivity index (χ1) is 11.6. The van der Waals surface area contributed by atoms with Crippen molar-refractivity contribution in [2.45, 2.75) is 25.8 Å². The number of carbonyl (C=O) groups is 1. The van der Waals surface area contributed by atoms with Crippen LogP contribution in [0.15, 0.2) is 43.8 Å². The van der Waals surface area contributed by atoms with Gasteiger partial charge in [-0.3, -0.25) is 0 Å². The van der Waals surface area contributed by atoms with Gasteiger partial charge in [-0.15, -0.1) is 0 Å². The molecule has 0 spiro atoms. The summed E-state index contributed by atoms with van der Waals surface area (Å²) in [4.78, 5) is 10.5. The molecule has 0 saturated carbocycles. The van der Waals surface area contributed by atoms with Crippen molar-refractivity contribution in [3.05, 3.63) is 47.5 Å². The molecule has 1 heterocycles. The van der Waals surface area contributed by atoms with Gasteiger partial charge in [0, 0.05) is 12.1 Å². The predicted octanol–water partition coefficient (Wildman–Crippen LogP) is 4.76. The molecule has 1 aliphatic rings. The monoisotopic (exact) mass is 401 g/mol. The van der Waals surface area contributed by atoms with Gasteiger partial charge in [0.2, 0.25) is 9.79 Å². The molecule has 25 heavy (non-hydrogen) atoms. The van der Waals surface area contributed by atoms with Crippen molar-refractivity contribution in [1.29, 1.82) is 0 Å². The van der Waals surface area contributed by atoms with Gasteiger partial charge in [-0.05, 0) is 12.1 Å². The SMILES string of the molecule is O=C(O[S+]1c2cc(F)c(F)cc2Sc2cc(F)c(F)cc21)C(F)(F)F. The van der Waals surface area contributed by atoms with E-state index in [0.29, 0.717) is 36.0 Å². The Labute approximate surface area is 142 Å². The van der Waals surface area contributed by atoms with Crippen LogP contribution < -0.4 is 0 Å². The first-order valence-electron chi connectivity index (χ1n) is 6.27. The summed E-state index contributed by atoms with van der Waals surface area (Å²) in [5.41, 5.74) is 0. The Morgan fingerprint density at radius 1 is 0.840 bits per heavy atom. The molecule has 1 aliphatic heterocycles. The number of hydrogen-bond acceptors (Lipinski definition) is 3. The maximum atomic E-state index is 13.5. The van der Waals surface area contributed by atoms with E-state index in [1.54, 1.807) is 0 Å². The molecule has 0 bridgehead atoms. The van der Waals surface area contributed by atoms with E-state index in [2.05, 4.69) is 4.18 Å². The fourth-order valence-corrected chi connectivity index (χ4v) is 5.07. The fraction of sp³-hybridized carbons (Fsp3) is 0.0714. The summed E-state index contributed by atoms with van der Waals surface area (Å²) in [6, 6.07) is 2.49. The lowest BCUT2D eigenvalue weighted by Gasteiger charge is -2.17. The van der Waals surface area contributed by atoms with Crippen molar-refractivity contribution < 1.29 is 39.7 Å². The quantitative estimate of drug-likeness (QED) is 0.509. The van der Waals surface area contributed by atoms with Gasteiger partial charge in [0.15, 0.2) is 23.3 Å². The largest absolute Gasteiger partial charge is 0.496 e. The lowest BCUT2D eigenvalue weighted by molar-refractivity contribution is -0.188. The molecule has 0 unspecified atom stereocenters. The minimum absolute atomic E-state index is 0.0734. The van der Waals surface area contributed by atoms with Crippen LogP contribution in [0, 0.1) is 23.3 Å². The van der Waals surface area contributed by atoms with Crippen LogP contribution in [0.4, 0.5) is 30.7 Å². The third kappa shape index (κ3) is 3.30. The zero-order chi connectivity index (χ0) is 18.5. The second kappa shape index (κ2) is 6.13. The highest BCUT2D eigenvalue weighted by atomic mass is 32.2. The molecule has 0 amide bonds. The molecule has 2 aromatic carbocycles. The Morgan fingerprint density at radius 2 is 1.24 bits per heavy atom. The summed E-state index contributed by atoms with van der Waals surface area (Å²) in [6.45, 7) is 0. The van der Waals surface area contributed by atoms with E-state index in [-0.39, 0.29) is 19.6 Å². The Bertz CT molecular complexity index is 825. The third-order valence-corrected chi connectivity index (χ3v) is 6.15. The first-order valence-corrected chi connectivity index (χ1v) is 8.24. The number of benzene rings is 2. The van der Waals surface area contributed by atoms with E-state index in [9.17, 15) is 35.5 Å². The highest BCUT2D eigenvalue weighted by molar-refractivity contribution is 8.02. The van der Waals surface area contributed by atoms with Crippen LogP contribution >= 0.6 is 11.8 Å². The second-order valence-corrected chi connectivity index (χ2v) is 7.33. The van der Waals surface area contributed by atoms with Crippen molar-refractivity contribution >= 4 is 28.9 Å². The second-order valence-electron chi connectivity index (χ2n) is 4.67. The summed E-state index contributed by atoms with van der Waals surface area (Å²) in [5.74, 6) is -7.93. The average molecular weight is 401 g/mol. The summed E-state index contributed by atoms with van der Waals surface area (Å²) in [6.07, 6.45) is -5.35. The molecule has 0 aliphatic carbocycles. The van der Waals surface area contributed by atoms with Crippen LogP contribution in [0.2, 0.25) is 0 Å². The normalized spacial score (nSPS) is 14.0. The Kier molecular flexibility index (Phi) is 4.40. The van der Waals surface area contributed by atoms with Gasteiger partial charge in [-0.25, -0.2) is 26.5 Å². The third-order valence-electron chi connectivity index (χ3n) is 2.98. The van der Waals surface area contributed by atoms with Crippen LogP contribution in [0.3, 0.4) is 0 Å². The highest BCUT2D eigenvalue weighted by Crippen LogP contribution is 2.47. The Morgan fingerprint density at radius 3 is 1.64 bits per heavy atom. The summed E-state index contributed by atoms with van der Waals surface area (Å²) in [7, 11) is 0. The molecular formula is C14H4F7O2S2+. The molecule has 0 atom stereocenters. The molecule has 0 aromatic heterocycles. The van der Waals surface area contributed by atoms with Crippen LogP contribution in [-0.4, -0.2) is 12.1 Å². The fourth-order valence-electron chi connectivity index (χ4n) is 1.92. The molecule has 0 radical (unpaired) electrons. The Balaban J connectivity index is 2.16. The van der Waals surface area contributed by atoms with E-state index in [4.69, 9.17) is 0 Å². The van der Waals surface area contributed by atoms with E-state index >= 15 is 0 Å². The molecule has 0 fully saturated rings. The number of hydrogen-bond donors (Lipinski definition) is 0. The van der Waals surface area contributed by atoms with Gasteiger partial charge in [-0.2, -0.15) is 13.2 Å². The van der Waals surface area contributed by atoms with Gasteiger partial charge in [0.05, 0.1) is 9.79 Å². The number of fused-ring (bicyclic) bond motifs is 2. The molecule has 11 heteroatoms. The molecule has 2 aromatic rings. The molecule has 3 rings (SSSR count). The van der Waals surface area contributed by atoms with Crippen LogP contribution in [-0.2, 0) is 20.2 Å². The molecule has 132 valence electrons. The highest BCUT2D eigenvalue weighted by Gasteiger charge is 2.51. The lowest BCUT2D eigenvalue weighted by Crippen LogP contribution is -2.29. The van der Waals surface area contributed by atoms with Crippen molar-refractivity contribution in [1.82, 2.24) is 0 Å². The van der Waals surface area contributed by atoms with Crippen molar-refractivity contribution in [2.24, 2.45) is 0 Å². The van der Waals surface area contributed by atoms with Gasteiger partial charge < -0.3 is 0 Å². The summed E-state index contributed by atoms with van der Waals surface area (Å²) < 4.78 is 95.7. The zero-order valence-electron chi connectivity index (χ0n) is 11.6. The number of alkyl halides is 3. The molecular weight excluding hydrogens is 397 g/mol. The molecule has 0 saturated heterocycles. The average Bonchev–Trinajstić information content (AvgIpc) is 2.50. The number of carbonyl (C=O) groups excluding carboxylic acids is 1. The topological polar surface area (TPSA) is 26.3 Å². The van der Waals surface area contributed by atoms with Gasteiger partial charge >= 0.3 is 12.1 Å². The van der Waals surface area contributed by atoms with Gasteiger partial charge in [-0.1, -0.05) is 11.8 Å². The first kappa shape index (κ1) is 17.9. The molecule has 2 nitrogen and oxygen atoms in total. The van der Waals surface area contributed by atoms with Crippen molar-refractivity contribution in [3.8, 4) is 0 Å². The smallest absolute Gasteiger partial charge is 0.235 e. The standard InChI is InChI=1S/C14H4F7O2S2/c15-5-1-9-11(3-7(5)17)25(23-13(22)14(19,20)21)12-4-8(18)6(16)2-10(12)24-9/h1-4H/q+1. The van der Waals surface area contributed by atoms with Crippen LogP contribution in [0.25, 0.3) is 0 Å². The number of halogens is 7. The van der Waals surface area contributed by atoms with Crippen molar-refractivity contribution in [3.63, 3.8) is 0 Å². The minimum atomic E-state index is -5.35.